The average Bonchev–Trinajstić information content (AvgIpc) is 3.06. The minimum Gasteiger partial charge on any atom is -0.452 e. The van der Waals surface area contributed by atoms with Crippen molar-refractivity contribution in [2.24, 2.45) is 5.92 Å². The van der Waals surface area contributed by atoms with Crippen LogP contribution in [0.1, 0.15) is 18.9 Å². The van der Waals surface area contributed by atoms with Gasteiger partial charge in [-0.1, -0.05) is 29.3 Å². The normalized spacial score (nSPS) is 17.3. The molecule has 0 radical (unpaired) electrons. The lowest BCUT2D eigenvalue weighted by molar-refractivity contribution is -0.157. The number of rotatable bonds is 5. The molecule has 1 fully saturated rings. The van der Waals surface area contributed by atoms with Gasteiger partial charge in [0.25, 0.3) is 5.91 Å². The molecule has 1 aromatic heterocycles. The van der Waals surface area contributed by atoms with Gasteiger partial charge in [-0.15, -0.1) is 0 Å². The zero-order valence-corrected chi connectivity index (χ0v) is 16.3. The third-order valence-corrected chi connectivity index (χ3v) is 4.67. The molecule has 0 unspecified atom stereocenters. The first-order valence-electron chi connectivity index (χ1n) is 8.83. The van der Waals surface area contributed by atoms with Crippen LogP contribution in [0.15, 0.2) is 42.6 Å². The molecule has 2 amide bonds. The number of anilines is 2. The van der Waals surface area contributed by atoms with E-state index in [0.29, 0.717) is 10.8 Å². The number of esters is 1. The molecule has 2 aromatic rings. The third kappa shape index (κ3) is 4.67. The maximum Gasteiger partial charge on any atom is 0.312 e. The van der Waals surface area contributed by atoms with Gasteiger partial charge in [0.15, 0.2) is 6.10 Å². The van der Waals surface area contributed by atoms with Crippen molar-refractivity contribution in [3.05, 3.63) is 53.2 Å². The van der Waals surface area contributed by atoms with Gasteiger partial charge in [-0.3, -0.25) is 14.4 Å². The highest BCUT2D eigenvalue weighted by Crippen LogP contribution is 2.26. The van der Waals surface area contributed by atoms with E-state index < -0.39 is 23.9 Å². The number of hydrogen-bond donors (Lipinski definition) is 1. The van der Waals surface area contributed by atoms with Crippen molar-refractivity contribution in [1.82, 2.24) is 4.98 Å². The van der Waals surface area contributed by atoms with Gasteiger partial charge in [0.1, 0.15) is 5.82 Å². The van der Waals surface area contributed by atoms with E-state index in [1.807, 2.05) is 31.2 Å². The molecule has 8 heteroatoms. The van der Waals surface area contributed by atoms with Gasteiger partial charge in [-0.2, -0.15) is 0 Å². The standard InChI is InChI=1S/C20H20ClN3O4/c1-12-3-6-16(7-4-12)24-11-14(9-18(24)25)20(27)28-13(2)19(26)23-17-8-5-15(21)10-22-17/h3-8,10,13-14H,9,11H2,1-2H3,(H,22,23,26)/t13-,14-/m1/s1. The number of nitrogens with one attached hydrogen (secondary N) is 1. The summed E-state index contributed by atoms with van der Waals surface area (Å²) in [5, 5.41) is 3.00. The fourth-order valence-electron chi connectivity index (χ4n) is 2.84. The van der Waals surface area contributed by atoms with Gasteiger partial charge in [0, 0.05) is 24.8 Å². The number of ether oxygens (including phenoxy) is 1. The largest absolute Gasteiger partial charge is 0.452 e. The third-order valence-electron chi connectivity index (χ3n) is 4.44. The van der Waals surface area contributed by atoms with Crippen LogP contribution in [-0.2, 0) is 19.1 Å². The Balaban J connectivity index is 1.56. The first-order valence-corrected chi connectivity index (χ1v) is 9.21. The Morgan fingerprint density at radius 2 is 1.96 bits per heavy atom. The molecule has 3 rings (SSSR count). The maximum absolute atomic E-state index is 12.4. The molecule has 146 valence electrons. The molecule has 2 atom stereocenters. The van der Waals surface area contributed by atoms with Gasteiger partial charge in [-0.25, -0.2) is 4.98 Å². The number of aromatic nitrogens is 1. The van der Waals surface area contributed by atoms with Gasteiger partial charge in [0.2, 0.25) is 5.91 Å². The van der Waals surface area contributed by atoms with Crippen LogP contribution >= 0.6 is 11.6 Å². The second-order valence-corrected chi connectivity index (χ2v) is 7.11. The Kier molecular flexibility index (Phi) is 5.94. The number of hydrogen-bond acceptors (Lipinski definition) is 5. The number of nitrogens with zero attached hydrogens (tertiary/aromatic N) is 2. The SMILES string of the molecule is Cc1ccc(N2C[C@H](C(=O)O[C@H](C)C(=O)Nc3ccc(Cl)cn3)CC2=O)cc1. The van der Waals surface area contributed by atoms with Crippen molar-refractivity contribution in [1.29, 1.82) is 0 Å². The zero-order chi connectivity index (χ0) is 20.3. The van der Waals surface area contributed by atoms with E-state index in [2.05, 4.69) is 10.3 Å². The summed E-state index contributed by atoms with van der Waals surface area (Å²) in [7, 11) is 0. The molecule has 1 N–H and O–H groups in total. The molecular formula is C20H20ClN3O4. The Hall–Kier alpha value is -2.93. The summed E-state index contributed by atoms with van der Waals surface area (Å²) in [6, 6.07) is 10.6. The molecular weight excluding hydrogens is 382 g/mol. The summed E-state index contributed by atoms with van der Waals surface area (Å²) < 4.78 is 5.26. The Morgan fingerprint density at radius 3 is 2.61 bits per heavy atom. The van der Waals surface area contributed by atoms with Crippen molar-refractivity contribution in [3.63, 3.8) is 0 Å². The van der Waals surface area contributed by atoms with E-state index in [1.165, 1.54) is 13.1 Å². The van der Waals surface area contributed by atoms with E-state index in [0.717, 1.165) is 11.3 Å². The van der Waals surface area contributed by atoms with E-state index in [4.69, 9.17) is 16.3 Å². The summed E-state index contributed by atoms with van der Waals surface area (Å²) in [4.78, 5) is 42.4. The summed E-state index contributed by atoms with van der Waals surface area (Å²) in [5.41, 5.74) is 1.83. The van der Waals surface area contributed by atoms with Crippen LogP contribution in [0.4, 0.5) is 11.5 Å². The first kappa shape index (κ1) is 19.8. The monoisotopic (exact) mass is 401 g/mol. The van der Waals surface area contributed by atoms with Crippen LogP contribution < -0.4 is 10.2 Å². The van der Waals surface area contributed by atoms with Gasteiger partial charge in [-0.05, 0) is 38.1 Å². The van der Waals surface area contributed by atoms with E-state index >= 15 is 0 Å². The molecule has 1 saturated heterocycles. The van der Waals surface area contributed by atoms with Crippen LogP contribution in [0, 0.1) is 12.8 Å². The number of amides is 2. The molecule has 0 aliphatic carbocycles. The molecule has 1 aliphatic heterocycles. The van der Waals surface area contributed by atoms with Gasteiger partial charge >= 0.3 is 5.97 Å². The number of aryl methyl sites for hydroxylation is 1. The second kappa shape index (κ2) is 8.39. The first-order chi connectivity index (χ1) is 13.3. The van der Waals surface area contributed by atoms with Crippen molar-refractivity contribution < 1.29 is 19.1 Å². The van der Waals surface area contributed by atoms with Gasteiger partial charge in [0.05, 0.1) is 10.9 Å². The summed E-state index contributed by atoms with van der Waals surface area (Å²) >= 11 is 5.75. The Bertz CT molecular complexity index is 883. The quantitative estimate of drug-likeness (QED) is 0.778. The minimum absolute atomic E-state index is 0.0553. The van der Waals surface area contributed by atoms with E-state index in [-0.39, 0.29) is 18.9 Å². The Morgan fingerprint density at radius 1 is 1.25 bits per heavy atom. The number of halogens is 1. The predicted octanol–water partition coefficient (Wildman–Crippen LogP) is 2.97. The fourth-order valence-corrected chi connectivity index (χ4v) is 2.95. The van der Waals surface area contributed by atoms with Crippen LogP contribution in [0.5, 0.6) is 0 Å². The molecule has 0 spiro atoms. The molecule has 7 nitrogen and oxygen atoms in total. The smallest absolute Gasteiger partial charge is 0.312 e. The van der Waals surface area contributed by atoms with Gasteiger partial charge < -0.3 is 15.0 Å². The van der Waals surface area contributed by atoms with Crippen LogP contribution in [0.25, 0.3) is 0 Å². The number of pyridine rings is 1. The molecule has 0 bridgehead atoms. The molecule has 28 heavy (non-hydrogen) atoms. The molecule has 2 heterocycles. The Labute approximate surface area is 167 Å². The molecule has 1 aliphatic rings. The van der Waals surface area contributed by atoms with Crippen molar-refractivity contribution in [2.75, 3.05) is 16.8 Å². The van der Waals surface area contributed by atoms with Crippen LogP contribution in [-0.4, -0.2) is 35.4 Å². The number of benzene rings is 1. The topological polar surface area (TPSA) is 88.6 Å². The van der Waals surface area contributed by atoms with E-state index in [9.17, 15) is 14.4 Å². The fraction of sp³-hybridized carbons (Fsp3) is 0.300. The summed E-state index contributed by atoms with van der Waals surface area (Å²) in [6.07, 6.45) is 0.436. The highest BCUT2D eigenvalue weighted by atomic mass is 35.5. The van der Waals surface area contributed by atoms with Crippen molar-refractivity contribution in [2.45, 2.75) is 26.4 Å². The predicted molar refractivity (Wildman–Crippen MR) is 105 cm³/mol. The molecule has 1 aromatic carbocycles. The maximum atomic E-state index is 12.4. The number of carbonyl (C=O) groups excluding carboxylic acids is 3. The lowest BCUT2D eigenvalue weighted by Gasteiger charge is -2.18. The summed E-state index contributed by atoms with van der Waals surface area (Å²) in [6.45, 7) is 3.66. The van der Waals surface area contributed by atoms with Crippen LogP contribution in [0.2, 0.25) is 5.02 Å². The van der Waals surface area contributed by atoms with Crippen molar-refractivity contribution >= 4 is 40.9 Å². The lowest BCUT2D eigenvalue weighted by atomic mass is 10.1. The van der Waals surface area contributed by atoms with E-state index in [1.54, 1.807) is 17.0 Å². The summed E-state index contributed by atoms with van der Waals surface area (Å²) in [5.74, 6) is -1.54. The average molecular weight is 402 g/mol. The highest BCUT2D eigenvalue weighted by Gasteiger charge is 2.37. The lowest BCUT2D eigenvalue weighted by Crippen LogP contribution is -2.33. The van der Waals surface area contributed by atoms with Crippen LogP contribution in [0.3, 0.4) is 0 Å². The molecule has 0 saturated carbocycles. The minimum atomic E-state index is -1.02. The number of carbonyl (C=O) groups is 3. The zero-order valence-electron chi connectivity index (χ0n) is 15.5. The van der Waals surface area contributed by atoms with Crippen molar-refractivity contribution in [3.8, 4) is 0 Å². The second-order valence-electron chi connectivity index (χ2n) is 6.67. The highest BCUT2D eigenvalue weighted by molar-refractivity contribution is 6.30.